The Bertz CT molecular complexity index is 592. The normalized spacial score (nSPS) is 10.5. The molecule has 100 valence electrons. The van der Waals surface area contributed by atoms with Crippen molar-refractivity contribution in [1.82, 2.24) is 9.97 Å². The number of halogens is 3. The van der Waals surface area contributed by atoms with E-state index in [1.54, 1.807) is 24.4 Å². The van der Waals surface area contributed by atoms with Gasteiger partial charge in [0.1, 0.15) is 15.9 Å². The molecule has 7 heteroatoms. The van der Waals surface area contributed by atoms with Crippen molar-refractivity contribution in [2.45, 2.75) is 17.0 Å². The van der Waals surface area contributed by atoms with Crippen LogP contribution in [0.3, 0.4) is 0 Å². The lowest BCUT2D eigenvalue weighted by atomic mass is 10.4. The monoisotopic (exact) mass is 333 g/mol. The first kappa shape index (κ1) is 14.7. The van der Waals surface area contributed by atoms with Gasteiger partial charge in [0.2, 0.25) is 0 Å². The van der Waals surface area contributed by atoms with E-state index in [9.17, 15) is 0 Å². The Labute approximate surface area is 130 Å². The summed E-state index contributed by atoms with van der Waals surface area (Å²) in [5.41, 5.74) is 0. The zero-order valence-corrected chi connectivity index (χ0v) is 13.0. The molecule has 0 saturated heterocycles. The zero-order chi connectivity index (χ0) is 13.8. The highest BCUT2D eigenvalue weighted by atomic mass is 35.5. The van der Waals surface area contributed by atoms with E-state index in [1.165, 1.54) is 11.8 Å². The fraction of sp³-hybridized carbons (Fsp3) is 0.167. The molecule has 0 bridgehead atoms. The van der Waals surface area contributed by atoms with Crippen LogP contribution in [0.2, 0.25) is 15.1 Å². The van der Waals surface area contributed by atoms with Gasteiger partial charge in [0.25, 0.3) is 0 Å². The first-order valence-electron chi connectivity index (χ1n) is 5.50. The summed E-state index contributed by atoms with van der Waals surface area (Å²) in [6, 6.07) is 5.20. The smallest absolute Gasteiger partial charge is 0.146 e. The van der Waals surface area contributed by atoms with Crippen molar-refractivity contribution in [1.29, 1.82) is 0 Å². The lowest BCUT2D eigenvalue weighted by Gasteiger charge is -2.09. The average Bonchev–Trinajstić information content (AvgIpc) is 2.38. The molecule has 0 saturated carbocycles. The summed E-state index contributed by atoms with van der Waals surface area (Å²) in [4.78, 5) is 8.58. The van der Waals surface area contributed by atoms with Crippen LogP contribution >= 0.6 is 46.6 Å². The quantitative estimate of drug-likeness (QED) is 0.852. The van der Waals surface area contributed by atoms with Crippen LogP contribution in [-0.2, 0) is 0 Å². The molecular formula is C12H10Cl3N3S. The van der Waals surface area contributed by atoms with E-state index in [2.05, 4.69) is 15.3 Å². The third-order valence-electron chi connectivity index (χ3n) is 2.16. The maximum absolute atomic E-state index is 6.14. The second-order valence-corrected chi connectivity index (χ2v) is 5.73. The van der Waals surface area contributed by atoms with E-state index < -0.39 is 0 Å². The molecule has 19 heavy (non-hydrogen) atoms. The van der Waals surface area contributed by atoms with Gasteiger partial charge >= 0.3 is 0 Å². The molecule has 2 heterocycles. The molecule has 0 aliphatic carbocycles. The third-order valence-corrected chi connectivity index (χ3v) is 4.29. The number of hydrogen-bond acceptors (Lipinski definition) is 4. The van der Waals surface area contributed by atoms with Crippen LogP contribution in [-0.4, -0.2) is 16.5 Å². The Balaban J connectivity index is 2.34. The van der Waals surface area contributed by atoms with Crippen molar-refractivity contribution in [2.75, 3.05) is 11.9 Å². The molecule has 0 spiro atoms. The number of pyridine rings is 2. The minimum absolute atomic E-state index is 0.471. The summed E-state index contributed by atoms with van der Waals surface area (Å²) in [6.45, 7) is 2.69. The van der Waals surface area contributed by atoms with E-state index in [-0.39, 0.29) is 0 Å². The van der Waals surface area contributed by atoms with Crippen molar-refractivity contribution in [3.63, 3.8) is 0 Å². The highest BCUT2D eigenvalue weighted by molar-refractivity contribution is 7.99. The van der Waals surface area contributed by atoms with Crippen LogP contribution in [0.25, 0.3) is 0 Å². The van der Waals surface area contributed by atoms with Gasteiger partial charge in [-0.25, -0.2) is 9.97 Å². The van der Waals surface area contributed by atoms with Crippen molar-refractivity contribution in [3.8, 4) is 0 Å². The Morgan fingerprint density at radius 3 is 2.63 bits per heavy atom. The standard InChI is InChI=1S/C12H10Cl3N3S/c1-2-16-10-8(14)6-9(15)12(18-10)19-11-7(13)4-3-5-17-11/h3-6H,2H2,1H3,(H,16,18). The van der Waals surface area contributed by atoms with E-state index in [0.717, 1.165) is 6.54 Å². The topological polar surface area (TPSA) is 37.8 Å². The number of aromatic nitrogens is 2. The van der Waals surface area contributed by atoms with Crippen molar-refractivity contribution in [2.24, 2.45) is 0 Å². The van der Waals surface area contributed by atoms with Gasteiger partial charge in [-0.2, -0.15) is 0 Å². The van der Waals surface area contributed by atoms with Gasteiger partial charge in [-0.3, -0.25) is 0 Å². The average molecular weight is 335 g/mol. The molecule has 1 N–H and O–H groups in total. The fourth-order valence-electron chi connectivity index (χ4n) is 1.35. The molecule has 0 aliphatic rings. The number of rotatable bonds is 4. The number of nitrogens with one attached hydrogen (secondary N) is 1. The van der Waals surface area contributed by atoms with E-state index in [0.29, 0.717) is 30.9 Å². The fourth-order valence-corrected chi connectivity index (χ4v) is 2.88. The summed E-state index contributed by atoms with van der Waals surface area (Å²) < 4.78 is 0. The summed E-state index contributed by atoms with van der Waals surface area (Å²) in [7, 11) is 0. The second kappa shape index (κ2) is 6.66. The summed E-state index contributed by atoms with van der Waals surface area (Å²) in [6.07, 6.45) is 1.67. The molecule has 0 aliphatic heterocycles. The third kappa shape index (κ3) is 3.66. The highest BCUT2D eigenvalue weighted by Crippen LogP contribution is 2.37. The van der Waals surface area contributed by atoms with Crippen molar-refractivity contribution >= 4 is 52.4 Å². The van der Waals surface area contributed by atoms with Crippen LogP contribution in [0.4, 0.5) is 5.82 Å². The molecule has 0 fully saturated rings. The Kier molecular flexibility index (Phi) is 5.16. The Hall–Kier alpha value is -0.680. The number of nitrogens with zero attached hydrogens (tertiary/aromatic N) is 2. The summed E-state index contributed by atoms with van der Waals surface area (Å²) in [5, 5.41) is 5.87. The molecule has 2 aromatic rings. The first-order chi connectivity index (χ1) is 9.11. The molecular weight excluding hydrogens is 325 g/mol. The highest BCUT2D eigenvalue weighted by Gasteiger charge is 2.12. The molecule has 0 amide bonds. The molecule has 0 radical (unpaired) electrons. The van der Waals surface area contributed by atoms with Gasteiger partial charge in [0.05, 0.1) is 15.1 Å². The molecule has 3 nitrogen and oxygen atoms in total. The molecule has 2 rings (SSSR count). The van der Waals surface area contributed by atoms with E-state index >= 15 is 0 Å². The Morgan fingerprint density at radius 1 is 1.16 bits per heavy atom. The van der Waals surface area contributed by atoms with Gasteiger partial charge in [-0.1, -0.05) is 34.8 Å². The predicted molar refractivity (Wildman–Crippen MR) is 81.8 cm³/mol. The second-order valence-electron chi connectivity index (χ2n) is 3.53. The molecule has 0 unspecified atom stereocenters. The summed E-state index contributed by atoms with van der Waals surface area (Å²) >= 11 is 19.6. The van der Waals surface area contributed by atoms with Gasteiger partial charge < -0.3 is 5.32 Å². The summed E-state index contributed by atoms with van der Waals surface area (Å²) in [5.74, 6) is 0.600. The van der Waals surface area contributed by atoms with E-state index in [1.807, 2.05) is 6.92 Å². The largest absolute Gasteiger partial charge is 0.369 e. The van der Waals surface area contributed by atoms with Crippen LogP contribution in [0.5, 0.6) is 0 Å². The zero-order valence-electron chi connectivity index (χ0n) is 9.95. The molecule has 0 atom stereocenters. The predicted octanol–water partition coefficient (Wildman–Crippen LogP) is 5.02. The number of anilines is 1. The van der Waals surface area contributed by atoms with Crippen molar-refractivity contribution in [3.05, 3.63) is 39.5 Å². The van der Waals surface area contributed by atoms with Crippen LogP contribution in [0, 0.1) is 0 Å². The Morgan fingerprint density at radius 2 is 1.95 bits per heavy atom. The van der Waals surface area contributed by atoms with Gasteiger partial charge in [-0.15, -0.1) is 0 Å². The SMILES string of the molecule is CCNc1nc(Sc2ncccc2Cl)c(Cl)cc1Cl. The van der Waals surface area contributed by atoms with Crippen LogP contribution in [0.15, 0.2) is 34.4 Å². The maximum atomic E-state index is 6.14. The minimum atomic E-state index is 0.471. The van der Waals surface area contributed by atoms with Gasteiger partial charge in [0, 0.05) is 12.7 Å². The lowest BCUT2D eigenvalue weighted by Crippen LogP contribution is -2.01. The first-order valence-corrected chi connectivity index (χ1v) is 7.45. The maximum Gasteiger partial charge on any atom is 0.146 e. The van der Waals surface area contributed by atoms with Crippen LogP contribution in [0.1, 0.15) is 6.92 Å². The lowest BCUT2D eigenvalue weighted by molar-refractivity contribution is 1.07. The van der Waals surface area contributed by atoms with Crippen molar-refractivity contribution < 1.29 is 0 Å². The minimum Gasteiger partial charge on any atom is -0.369 e. The number of hydrogen-bond donors (Lipinski definition) is 1. The van der Waals surface area contributed by atoms with Gasteiger partial charge in [-0.05, 0) is 36.9 Å². The molecule has 2 aromatic heterocycles. The van der Waals surface area contributed by atoms with Crippen LogP contribution < -0.4 is 5.32 Å². The van der Waals surface area contributed by atoms with E-state index in [4.69, 9.17) is 34.8 Å². The molecule has 0 aromatic carbocycles. The van der Waals surface area contributed by atoms with Gasteiger partial charge in [0.15, 0.2) is 0 Å².